The van der Waals surface area contributed by atoms with Crippen LogP contribution in [0.1, 0.15) is 58.0 Å². The molecule has 0 bridgehead atoms. The smallest absolute Gasteiger partial charge is 0.249 e. The van der Waals surface area contributed by atoms with Gasteiger partial charge < -0.3 is 11.1 Å². The second kappa shape index (κ2) is 8.91. The van der Waals surface area contributed by atoms with Crippen molar-refractivity contribution in [3.8, 4) is 0 Å². The maximum atomic E-state index is 12.7. The number of aromatic nitrogens is 4. The van der Waals surface area contributed by atoms with E-state index in [-0.39, 0.29) is 23.1 Å². The van der Waals surface area contributed by atoms with Crippen molar-refractivity contribution in [2.75, 3.05) is 18.4 Å². The van der Waals surface area contributed by atoms with Gasteiger partial charge in [0, 0.05) is 24.2 Å². The molecule has 1 saturated heterocycles. The van der Waals surface area contributed by atoms with Gasteiger partial charge in [0.15, 0.2) is 5.82 Å². The third-order valence-corrected chi connectivity index (χ3v) is 5.45. The van der Waals surface area contributed by atoms with Crippen LogP contribution in [-0.4, -0.2) is 50.0 Å². The van der Waals surface area contributed by atoms with Crippen LogP contribution in [0.4, 0.5) is 5.69 Å². The van der Waals surface area contributed by atoms with Crippen LogP contribution in [0.2, 0.25) is 0 Å². The Bertz CT molecular complexity index is 886. The number of benzene rings is 1. The van der Waals surface area contributed by atoms with E-state index in [0.717, 1.165) is 37.2 Å². The molecule has 3 N–H and O–H groups in total. The minimum absolute atomic E-state index is 0.0666. The lowest BCUT2D eigenvalue weighted by atomic mass is 9.95. The van der Waals surface area contributed by atoms with E-state index in [0.29, 0.717) is 12.4 Å². The van der Waals surface area contributed by atoms with E-state index in [9.17, 15) is 9.59 Å². The number of nitrogens with zero attached hydrogens (tertiary/aromatic N) is 5. The van der Waals surface area contributed by atoms with Crippen molar-refractivity contribution in [2.45, 2.75) is 58.5 Å². The first kappa shape index (κ1) is 21.9. The number of rotatable bonds is 6. The average Bonchev–Trinajstić information content (AvgIpc) is 3.19. The summed E-state index contributed by atoms with van der Waals surface area (Å²) >= 11 is 0. The number of likely N-dealkylation sites (tertiary alicyclic amines) is 1. The third-order valence-electron chi connectivity index (χ3n) is 5.45. The first-order chi connectivity index (χ1) is 14.1. The zero-order valence-electron chi connectivity index (χ0n) is 18.1. The van der Waals surface area contributed by atoms with Crippen LogP contribution < -0.4 is 11.1 Å². The molecule has 9 nitrogen and oxygen atoms in total. The zero-order valence-corrected chi connectivity index (χ0v) is 18.1. The summed E-state index contributed by atoms with van der Waals surface area (Å²) in [5, 5.41) is 14.7. The van der Waals surface area contributed by atoms with Gasteiger partial charge in [0.2, 0.25) is 11.8 Å². The largest absolute Gasteiger partial charge is 0.369 e. The van der Waals surface area contributed by atoms with Gasteiger partial charge in [-0.1, -0.05) is 32.9 Å². The fourth-order valence-electron chi connectivity index (χ4n) is 3.69. The highest BCUT2D eigenvalue weighted by Gasteiger charge is 2.27. The highest BCUT2D eigenvalue weighted by atomic mass is 16.2. The lowest BCUT2D eigenvalue weighted by molar-refractivity contribution is -0.123. The number of amides is 2. The molecule has 0 saturated carbocycles. The maximum absolute atomic E-state index is 12.7. The van der Waals surface area contributed by atoms with Crippen molar-refractivity contribution in [3.05, 3.63) is 35.7 Å². The van der Waals surface area contributed by atoms with Gasteiger partial charge in [-0.3, -0.25) is 14.5 Å². The van der Waals surface area contributed by atoms with Gasteiger partial charge in [0.25, 0.3) is 0 Å². The van der Waals surface area contributed by atoms with Gasteiger partial charge in [0.05, 0.1) is 5.92 Å². The fourth-order valence-corrected chi connectivity index (χ4v) is 3.69. The monoisotopic (exact) mass is 413 g/mol. The second-order valence-corrected chi connectivity index (χ2v) is 9.04. The number of nitrogens with one attached hydrogen (secondary N) is 1. The Morgan fingerprint density at radius 1 is 1.27 bits per heavy atom. The molecule has 1 aromatic heterocycles. The summed E-state index contributed by atoms with van der Waals surface area (Å²) in [6.07, 6.45) is 1.85. The SMILES string of the molecule is CC(C(=O)Nc1ccc(CN2CCCC(C(N)=O)C2)cc1)n1nnnc1C(C)(C)C. The Balaban J connectivity index is 1.60. The van der Waals surface area contributed by atoms with Crippen molar-refractivity contribution in [1.82, 2.24) is 25.1 Å². The highest BCUT2D eigenvalue weighted by molar-refractivity contribution is 5.93. The van der Waals surface area contributed by atoms with Crippen LogP contribution >= 0.6 is 0 Å². The molecule has 1 aliphatic rings. The normalized spacial score (nSPS) is 18.7. The number of hydrogen-bond acceptors (Lipinski definition) is 6. The molecule has 0 radical (unpaired) electrons. The molecule has 0 spiro atoms. The summed E-state index contributed by atoms with van der Waals surface area (Å²) in [4.78, 5) is 26.4. The summed E-state index contributed by atoms with van der Waals surface area (Å²) in [5.74, 6) is 0.198. The van der Waals surface area contributed by atoms with E-state index in [1.54, 1.807) is 11.6 Å². The molecule has 2 aromatic rings. The molecular formula is C21H31N7O2. The molecule has 30 heavy (non-hydrogen) atoms. The Kier molecular flexibility index (Phi) is 6.50. The topological polar surface area (TPSA) is 119 Å². The number of piperidine rings is 1. The van der Waals surface area contributed by atoms with E-state index in [2.05, 4.69) is 25.7 Å². The predicted octanol–water partition coefficient (Wildman–Crippen LogP) is 1.87. The van der Waals surface area contributed by atoms with Gasteiger partial charge >= 0.3 is 0 Å². The first-order valence-electron chi connectivity index (χ1n) is 10.3. The van der Waals surface area contributed by atoms with E-state index < -0.39 is 6.04 Å². The number of carbonyl (C=O) groups excluding carboxylic acids is 2. The average molecular weight is 414 g/mol. The van der Waals surface area contributed by atoms with Crippen molar-refractivity contribution in [3.63, 3.8) is 0 Å². The number of tetrazole rings is 1. The van der Waals surface area contributed by atoms with Crippen LogP contribution in [0.3, 0.4) is 0 Å². The molecule has 1 fully saturated rings. The summed E-state index contributed by atoms with van der Waals surface area (Å²) in [7, 11) is 0. The summed E-state index contributed by atoms with van der Waals surface area (Å²) in [6, 6.07) is 7.23. The lowest BCUT2D eigenvalue weighted by Gasteiger charge is -2.31. The highest BCUT2D eigenvalue weighted by Crippen LogP contribution is 2.23. The molecular weight excluding hydrogens is 382 g/mol. The van der Waals surface area contributed by atoms with Crippen LogP contribution in [0.15, 0.2) is 24.3 Å². The van der Waals surface area contributed by atoms with Gasteiger partial charge in [-0.05, 0) is 54.4 Å². The second-order valence-electron chi connectivity index (χ2n) is 9.04. The molecule has 162 valence electrons. The Hall–Kier alpha value is -2.81. The van der Waals surface area contributed by atoms with Crippen LogP contribution in [0.25, 0.3) is 0 Å². The first-order valence-corrected chi connectivity index (χ1v) is 10.3. The molecule has 2 unspecified atom stereocenters. The number of nitrogens with two attached hydrogens (primary N) is 1. The van der Waals surface area contributed by atoms with Crippen molar-refractivity contribution >= 4 is 17.5 Å². The van der Waals surface area contributed by atoms with Crippen molar-refractivity contribution < 1.29 is 9.59 Å². The molecule has 9 heteroatoms. The zero-order chi connectivity index (χ0) is 21.9. The van der Waals surface area contributed by atoms with E-state index >= 15 is 0 Å². The van der Waals surface area contributed by atoms with Crippen LogP contribution in [0, 0.1) is 5.92 Å². The number of primary amides is 1. The van der Waals surface area contributed by atoms with E-state index in [1.807, 2.05) is 45.0 Å². The Morgan fingerprint density at radius 3 is 2.60 bits per heavy atom. The quantitative estimate of drug-likeness (QED) is 0.746. The summed E-state index contributed by atoms with van der Waals surface area (Å²) < 4.78 is 1.56. The minimum atomic E-state index is -0.534. The van der Waals surface area contributed by atoms with Gasteiger partial charge in [0.1, 0.15) is 6.04 Å². The molecule has 1 aliphatic heterocycles. The molecule has 2 atom stereocenters. The summed E-state index contributed by atoms with van der Waals surface area (Å²) in [6.45, 7) is 10.2. The molecule has 0 aliphatic carbocycles. The molecule has 2 heterocycles. The third kappa shape index (κ3) is 5.21. The number of anilines is 1. The van der Waals surface area contributed by atoms with Crippen molar-refractivity contribution in [2.24, 2.45) is 11.7 Å². The minimum Gasteiger partial charge on any atom is -0.369 e. The fraction of sp³-hybridized carbons (Fsp3) is 0.571. The molecule has 1 aromatic carbocycles. The Morgan fingerprint density at radius 2 is 1.97 bits per heavy atom. The molecule has 3 rings (SSSR count). The number of hydrogen-bond donors (Lipinski definition) is 2. The maximum Gasteiger partial charge on any atom is 0.249 e. The Labute approximate surface area is 177 Å². The van der Waals surface area contributed by atoms with Gasteiger partial charge in [-0.15, -0.1) is 5.10 Å². The van der Waals surface area contributed by atoms with E-state index in [4.69, 9.17) is 5.73 Å². The summed E-state index contributed by atoms with van der Waals surface area (Å²) in [5.41, 5.74) is 7.04. The molecule has 2 amide bonds. The van der Waals surface area contributed by atoms with E-state index in [1.165, 1.54) is 0 Å². The number of carbonyl (C=O) groups is 2. The van der Waals surface area contributed by atoms with Gasteiger partial charge in [-0.2, -0.15) is 0 Å². The lowest BCUT2D eigenvalue weighted by Crippen LogP contribution is -2.40. The van der Waals surface area contributed by atoms with Gasteiger partial charge in [-0.25, -0.2) is 4.68 Å². The van der Waals surface area contributed by atoms with Crippen LogP contribution in [-0.2, 0) is 21.5 Å². The predicted molar refractivity (Wildman–Crippen MR) is 113 cm³/mol. The van der Waals surface area contributed by atoms with Crippen LogP contribution in [0.5, 0.6) is 0 Å². The van der Waals surface area contributed by atoms with Crippen molar-refractivity contribution in [1.29, 1.82) is 0 Å². The standard InChI is InChI=1S/C21H31N7O2/c1-14(28-20(21(2,3)4)24-25-26-28)19(30)23-17-9-7-15(8-10-17)12-27-11-5-6-16(13-27)18(22)29/h7-10,14,16H,5-6,11-13H2,1-4H3,(H2,22,29)(H,23,30).